The molecular formula is C20H15Cl2N3O. The predicted octanol–water partition coefficient (Wildman–Crippen LogP) is 3.60. The van der Waals surface area contributed by atoms with Gasteiger partial charge in [0.25, 0.3) is 0 Å². The third-order valence-electron chi connectivity index (χ3n) is 4.25. The number of nitrogens with zero attached hydrogens (tertiary/aromatic N) is 1. The van der Waals surface area contributed by atoms with Gasteiger partial charge in [-0.3, -0.25) is 4.79 Å². The molecule has 0 fully saturated rings. The first kappa shape index (κ1) is 16.9. The molecule has 6 heteroatoms. The van der Waals surface area contributed by atoms with E-state index in [2.05, 4.69) is 15.3 Å². The lowest BCUT2D eigenvalue weighted by molar-refractivity contribution is -0.118. The molecule has 3 aromatic rings. The van der Waals surface area contributed by atoms with E-state index in [0.29, 0.717) is 28.0 Å². The van der Waals surface area contributed by atoms with Crippen LogP contribution in [0.25, 0.3) is 23.5 Å². The zero-order chi connectivity index (χ0) is 18.1. The minimum absolute atomic E-state index is 0.0805. The Morgan fingerprint density at radius 1 is 1.15 bits per heavy atom. The van der Waals surface area contributed by atoms with Crippen LogP contribution in [0, 0.1) is 5.92 Å². The second-order valence-corrected chi connectivity index (χ2v) is 6.92. The zero-order valence-electron chi connectivity index (χ0n) is 13.7. The van der Waals surface area contributed by atoms with Crippen LogP contribution in [0.1, 0.15) is 6.42 Å². The van der Waals surface area contributed by atoms with Crippen LogP contribution in [0.3, 0.4) is 0 Å². The molecule has 2 N–H and O–H groups in total. The van der Waals surface area contributed by atoms with E-state index in [4.69, 9.17) is 23.2 Å². The summed E-state index contributed by atoms with van der Waals surface area (Å²) < 4.78 is 0. The van der Waals surface area contributed by atoms with Crippen LogP contribution in [-0.2, 0) is 4.79 Å². The van der Waals surface area contributed by atoms with Gasteiger partial charge in [0.1, 0.15) is 5.82 Å². The van der Waals surface area contributed by atoms with Gasteiger partial charge in [0.15, 0.2) is 0 Å². The highest BCUT2D eigenvalue weighted by atomic mass is 35.5. The highest BCUT2D eigenvalue weighted by molar-refractivity contribution is 6.33. The molecule has 130 valence electrons. The number of aromatic nitrogens is 2. The van der Waals surface area contributed by atoms with E-state index in [1.807, 2.05) is 42.5 Å². The predicted molar refractivity (Wildman–Crippen MR) is 105 cm³/mol. The molecule has 4 rings (SSSR count). The molecule has 1 amide bonds. The van der Waals surface area contributed by atoms with Crippen molar-refractivity contribution in [2.75, 3.05) is 5.32 Å². The second kappa shape index (κ2) is 6.98. The molecule has 1 aliphatic rings. The number of benzene rings is 2. The number of anilines is 1. The van der Waals surface area contributed by atoms with Crippen molar-refractivity contribution in [2.24, 2.45) is 5.92 Å². The fraction of sp³-hybridized carbons (Fsp3) is 0.100. The first-order valence-corrected chi connectivity index (χ1v) is 8.95. The van der Waals surface area contributed by atoms with Crippen LogP contribution in [0.5, 0.6) is 0 Å². The lowest BCUT2D eigenvalue weighted by Crippen LogP contribution is -2.33. The highest BCUT2D eigenvalue weighted by Crippen LogP contribution is 2.23. The van der Waals surface area contributed by atoms with Crippen LogP contribution in [-0.4, -0.2) is 15.9 Å². The number of carbonyl (C=O) groups excluding carboxylic acids is 1. The first-order valence-electron chi connectivity index (χ1n) is 8.19. The molecule has 26 heavy (non-hydrogen) atoms. The van der Waals surface area contributed by atoms with Gasteiger partial charge >= 0.3 is 0 Å². The fourth-order valence-corrected chi connectivity index (χ4v) is 3.37. The summed E-state index contributed by atoms with van der Waals surface area (Å²) in [5.74, 6) is 0.341. The SMILES string of the molecule is O=C(Nc1cccc(Cl)c1)C1C=c2[nH]c(-c3ccccc3Cl)nc2=CC1. The van der Waals surface area contributed by atoms with E-state index in [0.717, 1.165) is 16.3 Å². The minimum atomic E-state index is -0.277. The normalized spacial score (nSPS) is 15.5. The summed E-state index contributed by atoms with van der Waals surface area (Å²) in [6, 6.07) is 14.6. The monoisotopic (exact) mass is 383 g/mol. The summed E-state index contributed by atoms with van der Waals surface area (Å²) in [7, 11) is 0. The summed E-state index contributed by atoms with van der Waals surface area (Å²) in [6.45, 7) is 0. The molecule has 0 aliphatic heterocycles. The Kier molecular flexibility index (Phi) is 4.53. The summed E-state index contributed by atoms with van der Waals surface area (Å²) in [5, 5.41) is 5.79. The van der Waals surface area contributed by atoms with E-state index in [9.17, 15) is 4.79 Å². The van der Waals surface area contributed by atoms with Gasteiger partial charge in [-0.15, -0.1) is 0 Å². The number of aromatic amines is 1. The van der Waals surface area contributed by atoms with E-state index >= 15 is 0 Å². The number of hydrogen-bond donors (Lipinski definition) is 2. The van der Waals surface area contributed by atoms with Crippen molar-refractivity contribution < 1.29 is 4.79 Å². The van der Waals surface area contributed by atoms with E-state index in [-0.39, 0.29) is 11.8 Å². The second-order valence-electron chi connectivity index (χ2n) is 6.08. The van der Waals surface area contributed by atoms with Gasteiger partial charge in [0, 0.05) is 16.3 Å². The van der Waals surface area contributed by atoms with Crippen molar-refractivity contribution in [3.8, 4) is 11.4 Å². The molecule has 2 aromatic carbocycles. The largest absolute Gasteiger partial charge is 0.338 e. The number of nitrogens with one attached hydrogen (secondary N) is 2. The Morgan fingerprint density at radius 3 is 2.81 bits per heavy atom. The number of H-pyrrole nitrogens is 1. The lowest BCUT2D eigenvalue weighted by Gasteiger charge is -2.13. The van der Waals surface area contributed by atoms with Gasteiger partial charge < -0.3 is 10.3 Å². The van der Waals surface area contributed by atoms with Crippen molar-refractivity contribution in [1.82, 2.24) is 9.97 Å². The Bertz CT molecular complexity index is 1100. The van der Waals surface area contributed by atoms with Gasteiger partial charge in [-0.25, -0.2) is 4.98 Å². The number of rotatable bonds is 3. The smallest absolute Gasteiger partial charge is 0.231 e. The van der Waals surface area contributed by atoms with Crippen LogP contribution in [0.2, 0.25) is 10.0 Å². The molecule has 1 unspecified atom stereocenters. The van der Waals surface area contributed by atoms with Crippen molar-refractivity contribution in [1.29, 1.82) is 0 Å². The van der Waals surface area contributed by atoms with Gasteiger partial charge in [-0.1, -0.05) is 47.5 Å². The minimum Gasteiger partial charge on any atom is -0.338 e. The maximum Gasteiger partial charge on any atom is 0.231 e. The molecule has 1 atom stereocenters. The van der Waals surface area contributed by atoms with E-state index in [1.165, 1.54) is 0 Å². The summed E-state index contributed by atoms with van der Waals surface area (Å²) in [5.41, 5.74) is 1.52. The number of halogens is 2. The Morgan fingerprint density at radius 2 is 2.00 bits per heavy atom. The van der Waals surface area contributed by atoms with Crippen molar-refractivity contribution in [3.63, 3.8) is 0 Å². The molecule has 4 nitrogen and oxygen atoms in total. The highest BCUT2D eigenvalue weighted by Gasteiger charge is 2.19. The Balaban J connectivity index is 1.61. The molecule has 0 saturated heterocycles. The van der Waals surface area contributed by atoms with Gasteiger partial charge in [-0.2, -0.15) is 0 Å². The van der Waals surface area contributed by atoms with Crippen molar-refractivity contribution >= 4 is 46.9 Å². The summed E-state index contributed by atoms with van der Waals surface area (Å²) in [6.07, 6.45) is 4.46. The first-order chi connectivity index (χ1) is 12.6. The quantitative estimate of drug-likeness (QED) is 0.725. The molecule has 1 aliphatic carbocycles. The maximum atomic E-state index is 12.6. The molecule has 0 bridgehead atoms. The van der Waals surface area contributed by atoms with Gasteiger partial charge in [0.05, 0.1) is 21.6 Å². The third-order valence-corrected chi connectivity index (χ3v) is 4.82. The topological polar surface area (TPSA) is 57.8 Å². The third kappa shape index (κ3) is 3.39. The average Bonchev–Trinajstić information content (AvgIpc) is 3.05. The Labute approximate surface area is 160 Å². The number of amides is 1. The van der Waals surface area contributed by atoms with Crippen molar-refractivity contribution in [3.05, 3.63) is 69.3 Å². The number of fused-ring (bicyclic) bond motifs is 1. The van der Waals surface area contributed by atoms with Crippen LogP contribution in [0.4, 0.5) is 5.69 Å². The van der Waals surface area contributed by atoms with Crippen LogP contribution >= 0.6 is 23.2 Å². The lowest BCUT2D eigenvalue weighted by atomic mass is 10.0. The standard InChI is InChI=1S/C20H15Cl2N3O/c21-13-4-3-5-14(11-13)23-20(26)12-8-9-17-18(10-12)25-19(24-17)15-6-1-2-7-16(15)22/h1-7,9-12H,8H2,(H,23,26)(H,24,25). The van der Waals surface area contributed by atoms with E-state index in [1.54, 1.807) is 18.2 Å². The zero-order valence-corrected chi connectivity index (χ0v) is 15.2. The van der Waals surface area contributed by atoms with E-state index < -0.39 is 0 Å². The number of imidazole rings is 1. The molecule has 1 aromatic heterocycles. The van der Waals surface area contributed by atoms with Crippen LogP contribution < -0.4 is 16.0 Å². The average molecular weight is 384 g/mol. The maximum absolute atomic E-state index is 12.6. The molecule has 0 radical (unpaired) electrons. The molecule has 0 spiro atoms. The van der Waals surface area contributed by atoms with Gasteiger partial charge in [0.2, 0.25) is 5.91 Å². The fourth-order valence-electron chi connectivity index (χ4n) is 2.96. The molecule has 0 saturated carbocycles. The van der Waals surface area contributed by atoms with Crippen LogP contribution in [0.15, 0.2) is 48.5 Å². The number of hydrogen-bond acceptors (Lipinski definition) is 2. The number of carbonyl (C=O) groups is 1. The Hall–Kier alpha value is -2.56. The van der Waals surface area contributed by atoms with Crippen molar-refractivity contribution in [2.45, 2.75) is 6.42 Å². The molecular weight excluding hydrogens is 369 g/mol. The molecule has 1 heterocycles. The summed E-state index contributed by atoms with van der Waals surface area (Å²) in [4.78, 5) is 20.4. The summed E-state index contributed by atoms with van der Waals surface area (Å²) >= 11 is 12.2. The van der Waals surface area contributed by atoms with Gasteiger partial charge in [-0.05, 0) is 42.8 Å².